The fraction of sp³-hybridized carbons (Fsp3) is 0.800. The van der Waals surface area contributed by atoms with Crippen molar-refractivity contribution in [2.45, 2.75) is 59.5 Å². The van der Waals surface area contributed by atoms with E-state index in [0.29, 0.717) is 12.5 Å². The number of nitrogens with zero attached hydrogens (tertiary/aromatic N) is 3. The molecule has 0 spiro atoms. The van der Waals surface area contributed by atoms with Crippen molar-refractivity contribution in [1.82, 2.24) is 15.1 Å². The van der Waals surface area contributed by atoms with Gasteiger partial charge in [0.05, 0.1) is 0 Å². The number of guanidine groups is 1. The summed E-state index contributed by atoms with van der Waals surface area (Å²) in [5.74, 6) is 1.49. The largest absolute Gasteiger partial charge is 0.444 e. The highest BCUT2D eigenvalue weighted by molar-refractivity contribution is 14.0. The number of aliphatic imine (C=N–C) groups is 1. The summed E-state index contributed by atoms with van der Waals surface area (Å²) in [5.41, 5.74) is -0.445. The molecule has 0 aromatic heterocycles. The van der Waals surface area contributed by atoms with E-state index in [1.165, 1.54) is 0 Å². The minimum absolute atomic E-state index is 0. The maximum atomic E-state index is 12.3. The van der Waals surface area contributed by atoms with Gasteiger partial charge in [0.2, 0.25) is 0 Å². The van der Waals surface area contributed by atoms with Gasteiger partial charge in [-0.25, -0.2) is 4.79 Å². The molecule has 158 valence electrons. The lowest BCUT2D eigenvalue weighted by Gasteiger charge is -2.36. The predicted molar refractivity (Wildman–Crippen MR) is 124 cm³/mol. The van der Waals surface area contributed by atoms with Crippen LogP contribution in [0.25, 0.3) is 0 Å². The molecular weight excluding hydrogens is 455 g/mol. The molecule has 0 radical (unpaired) electrons. The number of nitrogens with one attached hydrogen (secondary N) is 1. The Kier molecular flexibility index (Phi) is 12.7. The minimum atomic E-state index is -0.445. The summed E-state index contributed by atoms with van der Waals surface area (Å²) in [7, 11) is 1.84. The molecule has 1 fully saturated rings. The average molecular weight is 494 g/mol. The van der Waals surface area contributed by atoms with Crippen LogP contribution in [0.5, 0.6) is 0 Å². The lowest BCUT2D eigenvalue weighted by Crippen LogP contribution is -2.48. The molecule has 7 heteroatoms. The van der Waals surface area contributed by atoms with Crippen molar-refractivity contribution in [1.29, 1.82) is 0 Å². The number of amides is 1. The van der Waals surface area contributed by atoms with E-state index in [9.17, 15) is 4.79 Å². The normalized spacial score (nSPS) is 16.2. The summed E-state index contributed by atoms with van der Waals surface area (Å²) in [4.78, 5) is 20.9. The number of allylic oxidation sites excluding steroid dienone is 1. The van der Waals surface area contributed by atoms with E-state index in [-0.39, 0.29) is 30.1 Å². The van der Waals surface area contributed by atoms with Crippen LogP contribution in [0.15, 0.2) is 17.1 Å². The van der Waals surface area contributed by atoms with Gasteiger partial charge in [0, 0.05) is 39.8 Å². The van der Waals surface area contributed by atoms with Crippen molar-refractivity contribution in [3.8, 4) is 0 Å². The third-order valence-corrected chi connectivity index (χ3v) is 4.47. The Morgan fingerprint density at radius 2 is 1.96 bits per heavy atom. The molecule has 1 rings (SSSR count). The molecule has 0 unspecified atom stereocenters. The summed E-state index contributed by atoms with van der Waals surface area (Å²) in [6.45, 7) is 14.1. The first-order valence-electron chi connectivity index (χ1n) is 9.85. The van der Waals surface area contributed by atoms with Crippen LogP contribution in [0, 0.1) is 5.92 Å². The zero-order valence-corrected chi connectivity index (χ0v) is 20.3. The van der Waals surface area contributed by atoms with Crippen LogP contribution in [0.3, 0.4) is 0 Å². The lowest BCUT2D eigenvalue weighted by molar-refractivity contribution is 0.0214. The van der Waals surface area contributed by atoms with Crippen LogP contribution in [0.2, 0.25) is 0 Å². The number of carbonyl (C=O) groups excluding carboxylic acids is 1. The van der Waals surface area contributed by atoms with Gasteiger partial charge < -0.3 is 19.9 Å². The Hall–Kier alpha value is -0.990. The van der Waals surface area contributed by atoms with Gasteiger partial charge in [-0.2, -0.15) is 0 Å². The molecule has 1 N–H and O–H groups in total. The first kappa shape index (κ1) is 26.0. The molecule has 6 nitrogen and oxygen atoms in total. The number of rotatable bonds is 6. The fourth-order valence-electron chi connectivity index (χ4n) is 3.06. The molecule has 0 bridgehead atoms. The summed E-state index contributed by atoms with van der Waals surface area (Å²) >= 11 is 0. The molecule has 0 atom stereocenters. The quantitative estimate of drug-likeness (QED) is 0.199. The van der Waals surface area contributed by atoms with E-state index >= 15 is 0 Å². The van der Waals surface area contributed by atoms with Crippen LogP contribution in [-0.4, -0.2) is 67.2 Å². The number of halogens is 1. The summed E-state index contributed by atoms with van der Waals surface area (Å²) in [6.07, 6.45) is 7.16. The molecule has 1 aliphatic rings. The molecular formula is C20H39IN4O2. The van der Waals surface area contributed by atoms with E-state index in [4.69, 9.17) is 4.74 Å². The molecule has 1 amide bonds. The van der Waals surface area contributed by atoms with Gasteiger partial charge in [-0.1, -0.05) is 12.2 Å². The number of piperidine rings is 1. The molecule has 0 saturated carbocycles. The summed E-state index contributed by atoms with van der Waals surface area (Å²) < 4.78 is 5.52. The van der Waals surface area contributed by atoms with E-state index in [1.54, 1.807) is 0 Å². The standard InChI is InChI=1S/C20H38N4O2.HI/c1-7-9-10-13-22-18(21-6)24-14-11-17(12-15-24)16-23(8-2)19(25)26-20(3,4)5;/h7,9,17H,8,10-16H2,1-6H3,(H,21,22);1H/b9-7+;. The second kappa shape index (κ2) is 13.2. The van der Waals surface area contributed by atoms with Gasteiger partial charge in [0.15, 0.2) is 5.96 Å². The van der Waals surface area contributed by atoms with Gasteiger partial charge in [-0.3, -0.25) is 4.99 Å². The van der Waals surface area contributed by atoms with Crippen molar-refractivity contribution in [2.75, 3.05) is 39.8 Å². The highest BCUT2D eigenvalue weighted by Gasteiger charge is 2.26. The number of hydrogen-bond donors (Lipinski definition) is 1. The SMILES string of the molecule is C/C=C/CCNC(=NC)N1CCC(CN(CC)C(=O)OC(C)(C)C)CC1.I. The first-order valence-corrected chi connectivity index (χ1v) is 9.85. The molecule has 0 aromatic carbocycles. The average Bonchev–Trinajstić information content (AvgIpc) is 2.59. The molecule has 0 aliphatic carbocycles. The number of hydrogen-bond acceptors (Lipinski definition) is 3. The molecule has 0 aromatic rings. The third kappa shape index (κ3) is 10.2. The smallest absolute Gasteiger partial charge is 0.410 e. The number of ether oxygens (including phenoxy) is 1. The monoisotopic (exact) mass is 494 g/mol. The highest BCUT2D eigenvalue weighted by atomic mass is 127. The Morgan fingerprint density at radius 3 is 2.44 bits per heavy atom. The Balaban J connectivity index is 0.00000676. The maximum absolute atomic E-state index is 12.3. The topological polar surface area (TPSA) is 57.2 Å². The minimum Gasteiger partial charge on any atom is -0.444 e. The highest BCUT2D eigenvalue weighted by Crippen LogP contribution is 2.20. The summed E-state index contributed by atoms with van der Waals surface area (Å²) in [6, 6.07) is 0. The number of likely N-dealkylation sites (tertiary alicyclic amines) is 1. The molecule has 1 heterocycles. The molecule has 1 aliphatic heterocycles. The molecule has 1 saturated heterocycles. The van der Waals surface area contributed by atoms with E-state index in [1.807, 2.05) is 46.6 Å². The van der Waals surface area contributed by atoms with Gasteiger partial charge >= 0.3 is 6.09 Å². The van der Waals surface area contributed by atoms with E-state index < -0.39 is 5.60 Å². The Bertz CT molecular complexity index is 481. The van der Waals surface area contributed by atoms with Gasteiger partial charge in [0.25, 0.3) is 0 Å². The van der Waals surface area contributed by atoms with Gasteiger partial charge in [-0.05, 0) is 59.8 Å². The third-order valence-electron chi connectivity index (χ3n) is 4.47. The second-order valence-corrected chi connectivity index (χ2v) is 7.78. The first-order chi connectivity index (χ1) is 12.3. The summed E-state index contributed by atoms with van der Waals surface area (Å²) in [5, 5.41) is 3.42. The van der Waals surface area contributed by atoms with Crippen LogP contribution in [0.4, 0.5) is 4.79 Å². The van der Waals surface area contributed by atoms with E-state index in [0.717, 1.165) is 51.4 Å². The van der Waals surface area contributed by atoms with Crippen molar-refractivity contribution >= 4 is 36.0 Å². The van der Waals surface area contributed by atoms with Crippen molar-refractivity contribution in [3.05, 3.63) is 12.2 Å². The van der Waals surface area contributed by atoms with E-state index in [2.05, 4.69) is 27.4 Å². The van der Waals surface area contributed by atoms with Crippen molar-refractivity contribution in [3.63, 3.8) is 0 Å². The van der Waals surface area contributed by atoms with Crippen LogP contribution in [-0.2, 0) is 4.74 Å². The Morgan fingerprint density at radius 1 is 1.33 bits per heavy atom. The fourth-order valence-corrected chi connectivity index (χ4v) is 3.06. The van der Waals surface area contributed by atoms with Crippen LogP contribution in [0.1, 0.15) is 53.9 Å². The zero-order chi connectivity index (χ0) is 19.6. The molecule has 27 heavy (non-hydrogen) atoms. The van der Waals surface area contributed by atoms with Gasteiger partial charge in [-0.15, -0.1) is 24.0 Å². The zero-order valence-electron chi connectivity index (χ0n) is 18.0. The van der Waals surface area contributed by atoms with Crippen LogP contribution < -0.4 is 5.32 Å². The second-order valence-electron chi connectivity index (χ2n) is 7.78. The lowest BCUT2D eigenvalue weighted by atomic mass is 9.96. The van der Waals surface area contributed by atoms with Crippen molar-refractivity contribution in [2.24, 2.45) is 10.9 Å². The van der Waals surface area contributed by atoms with Crippen LogP contribution >= 0.6 is 24.0 Å². The maximum Gasteiger partial charge on any atom is 0.410 e. The van der Waals surface area contributed by atoms with Gasteiger partial charge in [0.1, 0.15) is 5.60 Å². The Labute approximate surface area is 182 Å². The number of carbonyl (C=O) groups is 1. The van der Waals surface area contributed by atoms with Crippen molar-refractivity contribution < 1.29 is 9.53 Å². The predicted octanol–water partition coefficient (Wildman–Crippen LogP) is 4.12.